The SMILES string of the molecule is CCC(C)NC(=O)C1(C(=O)Nc2ccc(OC)cc2OC)CC1. The van der Waals surface area contributed by atoms with Crippen LogP contribution in [0.2, 0.25) is 0 Å². The van der Waals surface area contributed by atoms with Gasteiger partial charge in [-0.15, -0.1) is 0 Å². The summed E-state index contributed by atoms with van der Waals surface area (Å²) < 4.78 is 10.4. The molecule has 6 heteroatoms. The predicted molar refractivity (Wildman–Crippen MR) is 87.7 cm³/mol. The quantitative estimate of drug-likeness (QED) is 0.756. The highest BCUT2D eigenvalue weighted by molar-refractivity contribution is 6.13. The Hall–Kier alpha value is -2.24. The van der Waals surface area contributed by atoms with Crippen molar-refractivity contribution in [1.29, 1.82) is 0 Å². The van der Waals surface area contributed by atoms with Crippen molar-refractivity contribution in [3.05, 3.63) is 18.2 Å². The van der Waals surface area contributed by atoms with Crippen LogP contribution in [-0.2, 0) is 9.59 Å². The van der Waals surface area contributed by atoms with Crippen LogP contribution >= 0.6 is 0 Å². The molecule has 126 valence electrons. The molecule has 2 amide bonds. The Morgan fingerprint density at radius 3 is 2.43 bits per heavy atom. The molecule has 0 spiro atoms. The van der Waals surface area contributed by atoms with Gasteiger partial charge in [0.05, 0.1) is 19.9 Å². The van der Waals surface area contributed by atoms with Gasteiger partial charge in [-0.05, 0) is 38.3 Å². The van der Waals surface area contributed by atoms with Crippen molar-refractivity contribution in [2.24, 2.45) is 5.41 Å². The highest BCUT2D eigenvalue weighted by Gasteiger charge is 2.56. The second-order valence-corrected chi connectivity index (χ2v) is 5.89. The molecular formula is C17H24N2O4. The van der Waals surface area contributed by atoms with E-state index < -0.39 is 5.41 Å². The molecule has 0 aromatic heterocycles. The lowest BCUT2D eigenvalue weighted by Gasteiger charge is -2.19. The number of methoxy groups -OCH3 is 2. The van der Waals surface area contributed by atoms with Gasteiger partial charge >= 0.3 is 0 Å². The first-order valence-electron chi connectivity index (χ1n) is 7.81. The minimum atomic E-state index is -0.950. The first-order chi connectivity index (χ1) is 11.0. The predicted octanol–water partition coefficient (Wildman–Crippen LogP) is 2.34. The van der Waals surface area contributed by atoms with Gasteiger partial charge in [-0.25, -0.2) is 0 Å². The lowest BCUT2D eigenvalue weighted by Crippen LogP contribution is -2.43. The lowest BCUT2D eigenvalue weighted by molar-refractivity contribution is -0.134. The first-order valence-corrected chi connectivity index (χ1v) is 7.81. The van der Waals surface area contributed by atoms with Crippen molar-refractivity contribution < 1.29 is 19.1 Å². The monoisotopic (exact) mass is 320 g/mol. The Bertz CT molecular complexity index is 596. The van der Waals surface area contributed by atoms with E-state index in [1.807, 2.05) is 13.8 Å². The second kappa shape index (κ2) is 6.89. The van der Waals surface area contributed by atoms with E-state index >= 15 is 0 Å². The third kappa shape index (κ3) is 3.57. The zero-order chi connectivity index (χ0) is 17.0. The number of carbonyl (C=O) groups excluding carboxylic acids is 2. The van der Waals surface area contributed by atoms with Gasteiger partial charge in [-0.1, -0.05) is 6.92 Å². The van der Waals surface area contributed by atoms with Crippen LogP contribution in [0.25, 0.3) is 0 Å². The maximum Gasteiger partial charge on any atom is 0.240 e. The minimum absolute atomic E-state index is 0.0586. The molecule has 1 fully saturated rings. The second-order valence-electron chi connectivity index (χ2n) is 5.89. The number of benzene rings is 1. The Labute approximate surface area is 136 Å². The summed E-state index contributed by atoms with van der Waals surface area (Å²) >= 11 is 0. The largest absolute Gasteiger partial charge is 0.497 e. The van der Waals surface area contributed by atoms with Crippen LogP contribution < -0.4 is 20.1 Å². The van der Waals surface area contributed by atoms with Gasteiger partial charge in [-0.2, -0.15) is 0 Å². The smallest absolute Gasteiger partial charge is 0.240 e. The van der Waals surface area contributed by atoms with Crippen LogP contribution in [0.3, 0.4) is 0 Å². The molecule has 0 bridgehead atoms. The van der Waals surface area contributed by atoms with E-state index in [4.69, 9.17) is 9.47 Å². The molecule has 2 rings (SSSR count). The summed E-state index contributed by atoms with van der Waals surface area (Å²) in [7, 11) is 3.08. The average Bonchev–Trinajstić information content (AvgIpc) is 3.36. The van der Waals surface area contributed by atoms with Crippen LogP contribution in [-0.4, -0.2) is 32.1 Å². The third-order valence-corrected chi connectivity index (χ3v) is 4.27. The van der Waals surface area contributed by atoms with Crippen LogP contribution in [0.1, 0.15) is 33.1 Å². The van der Waals surface area contributed by atoms with Gasteiger partial charge in [0, 0.05) is 12.1 Å². The van der Waals surface area contributed by atoms with Crippen molar-refractivity contribution in [3.63, 3.8) is 0 Å². The number of hydrogen-bond acceptors (Lipinski definition) is 4. The minimum Gasteiger partial charge on any atom is -0.497 e. The number of nitrogens with one attached hydrogen (secondary N) is 2. The lowest BCUT2D eigenvalue weighted by atomic mass is 10.0. The van der Waals surface area contributed by atoms with Crippen molar-refractivity contribution in [2.45, 2.75) is 39.2 Å². The molecule has 1 aromatic carbocycles. The molecule has 0 heterocycles. The molecule has 6 nitrogen and oxygen atoms in total. The standard InChI is InChI=1S/C17H24N2O4/c1-5-11(2)18-15(20)17(8-9-17)16(21)19-13-7-6-12(22-3)10-14(13)23-4/h6-7,10-11H,5,8-9H2,1-4H3,(H,18,20)(H,19,21). The van der Waals surface area contributed by atoms with E-state index in [0.29, 0.717) is 30.0 Å². The summed E-state index contributed by atoms with van der Waals surface area (Å²) in [5, 5.41) is 5.70. The van der Waals surface area contributed by atoms with E-state index in [2.05, 4.69) is 10.6 Å². The molecule has 2 N–H and O–H groups in total. The van der Waals surface area contributed by atoms with Crippen LogP contribution in [0.4, 0.5) is 5.69 Å². The molecule has 0 radical (unpaired) electrons. The van der Waals surface area contributed by atoms with Gasteiger partial charge in [0.1, 0.15) is 16.9 Å². The molecule has 23 heavy (non-hydrogen) atoms. The van der Waals surface area contributed by atoms with Gasteiger partial charge in [0.25, 0.3) is 0 Å². The van der Waals surface area contributed by atoms with Crippen LogP contribution in [0.15, 0.2) is 18.2 Å². The first kappa shape index (κ1) is 17.1. The molecule has 1 aliphatic rings. The number of anilines is 1. The number of carbonyl (C=O) groups is 2. The van der Waals surface area contributed by atoms with Crippen LogP contribution in [0, 0.1) is 5.41 Å². The van der Waals surface area contributed by atoms with Gasteiger partial charge in [0.2, 0.25) is 11.8 Å². The molecule has 1 saturated carbocycles. The molecule has 1 unspecified atom stereocenters. The normalized spacial score (nSPS) is 16.2. The number of amides is 2. The summed E-state index contributed by atoms with van der Waals surface area (Å²) in [5.41, 5.74) is -0.421. The third-order valence-electron chi connectivity index (χ3n) is 4.27. The maximum absolute atomic E-state index is 12.6. The highest BCUT2D eigenvalue weighted by Crippen LogP contribution is 2.47. The van der Waals surface area contributed by atoms with Crippen molar-refractivity contribution >= 4 is 17.5 Å². The Morgan fingerprint density at radius 1 is 1.22 bits per heavy atom. The Kier molecular flexibility index (Phi) is 5.13. The zero-order valence-electron chi connectivity index (χ0n) is 14.1. The van der Waals surface area contributed by atoms with E-state index in [0.717, 1.165) is 6.42 Å². The topological polar surface area (TPSA) is 76.7 Å². The molecule has 0 aliphatic heterocycles. The highest BCUT2D eigenvalue weighted by atomic mass is 16.5. The number of rotatable bonds is 7. The summed E-state index contributed by atoms with van der Waals surface area (Å²) in [5.74, 6) is 0.643. The molecular weight excluding hydrogens is 296 g/mol. The van der Waals surface area contributed by atoms with Crippen molar-refractivity contribution in [2.75, 3.05) is 19.5 Å². The van der Waals surface area contributed by atoms with Crippen molar-refractivity contribution in [3.8, 4) is 11.5 Å². The van der Waals surface area contributed by atoms with Gasteiger partial charge < -0.3 is 20.1 Å². The maximum atomic E-state index is 12.6. The zero-order valence-corrected chi connectivity index (χ0v) is 14.1. The fraction of sp³-hybridized carbons (Fsp3) is 0.529. The number of ether oxygens (including phenoxy) is 2. The summed E-state index contributed by atoms with van der Waals surface area (Å²) in [4.78, 5) is 24.9. The fourth-order valence-electron chi connectivity index (χ4n) is 2.29. The summed E-state index contributed by atoms with van der Waals surface area (Å²) in [6.07, 6.45) is 1.97. The van der Waals surface area contributed by atoms with E-state index in [-0.39, 0.29) is 17.9 Å². The molecule has 1 aromatic rings. The van der Waals surface area contributed by atoms with Gasteiger partial charge in [-0.3, -0.25) is 9.59 Å². The Morgan fingerprint density at radius 2 is 1.91 bits per heavy atom. The number of hydrogen-bond donors (Lipinski definition) is 2. The van der Waals surface area contributed by atoms with E-state index in [1.165, 1.54) is 7.11 Å². The summed E-state index contributed by atoms with van der Waals surface area (Å²) in [6.45, 7) is 3.92. The molecule has 1 atom stereocenters. The average molecular weight is 320 g/mol. The van der Waals surface area contributed by atoms with Gasteiger partial charge in [0.15, 0.2) is 0 Å². The molecule has 1 aliphatic carbocycles. The van der Waals surface area contributed by atoms with E-state index in [1.54, 1.807) is 25.3 Å². The van der Waals surface area contributed by atoms with Crippen molar-refractivity contribution in [1.82, 2.24) is 5.32 Å². The Balaban J connectivity index is 2.11. The summed E-state index contributed by atoms with van der Waals surface area (Å²) in [6, 6.07) is 5.19. The molecule has 0 saturated heterocycles. The van der Waals surface area contributed by atoms with E-state index in [9.17, 15) is 9.59 Å². The van der Waals surface area contributed by atoms with Crippen LogP contribution in [0.5, 0.6) is 11.5 Å². The fourth-order valence-corrected chi connectivity index (χ4v) is 2.29.